The number of nitrogens with two attached hydrogens (primary N) is 1. The summed E-state index contributed by atoms with van der Waals surface area (Å²) in [6, 6.07) is -0.0151. The first kappa shape index (κ1) is 13.5. The van der Waals surface area contributed by atoms with Crippen molar-refractivity contribution in [1.82, 2.24) is 15.1 Å². The molecule has 0 spiro atoms. The van der Waals surface area contributed by atoms with Crippen molar-refractivity contribution in [2.45, 2.75) is 32.9 Å². The molecule has 1 aromatic heterocycles. The van der Waals surface area contributed by atoms with E-state index in [1.807, 2.05) is 13.8 Å². The van der Waals surface area contributed by atoms with Crippen LogP contribution in [0, 0.1) is 0 Å². The number of hydrogen-bond acceptors (Lipinski definition) is 4. The number of nitrogens with zero attached hydrogens (tertiary/aromatic N) is 2. The molecule has 0 bridgehead atoms. The van der Waals surface area contributed by atoms with Gasteiger partial charge in [-0.05, 0) is 13.3 Å². The Morgan fingerprint density at radius 1 is 1.65 bits per heavy atom. The molecule has 0 aromatic carbocycles. The summed E-state index contributed by atoms with van der Waals surface area (Å²) in [6.07, 6.45) is 2.46. The van der Waals surface area contributed by atoms with E-state index in [0.29, 0.717) is 18.8 Å². The second kappa shape index (κ2) is 6.24. The number of nitrogen functional groups attached to an aromatic ring is 1. The topological polar surface area (TPSA) is 82.2 Å². The highest BCUT2D eigenvalue weighted by molar-refractivity contribution is 5.97. The highest BCUT2D eigenvalue weighted by atomic mass is 16.5. The second-order valence-electron chi connectivity index (χ2n) is 3.82. The summed E-state index contributed by atoms with van der Waals surface area (Å²) in [5, 5.41) is 6.96. The number of anilines is 1. The average molecular weight is 240 g/mol. The third-order valence-corrected chi connectivity index (χ3v) is 2.52. The van der Waals surface area contributed by atoms with E-state index in [0.717, 1.165) is 6.42 Å². The summed E-state index contributed by atoms with van der Waals surface area (Å²) in [4.78, 5) is 11.9. The standard InChI is InChI=1S/C11H20N4O2/c1-4-8(7-17-3)13-11(16)10-9(12)6-15(5-2)14-10/h6,8H,4-5,7,12H2,1-3H3,(H,13,16). The molecular formula is C11H20N4O2. The Kier molecular flexibility index (Phi) is 4.96. The maximum Gasteiger partial charge on any atom is 0.274 e. The number of rotatable bonds is 6. The Morgan fingerprint density at radius 2 is 2.35 bits per heavy atom. The summed E-state index contributed by atoms with van der Waals surface area (Å²) in [6.45, 7) is 5.09. The molecule has 3 N–H and O–H groups in total. The van der Waals surface area contributed by atoms with Gasteiger partial charge in [0.1, 0.15) is 0 Å². The Bertz CT molecular complexity index is 376. The lowest BCUT2D eigenvalue weighted by Crippen LogP contribution is -2.38. The van der Waals surface area contributed by atoms with Gasteiger partial charge in [-0.2, -0.15) is 5.10 Å². The average Bonchev–Trinajstić information content (AvgIpc) is 2.70. The zero-order valence-electron chi connectivity index (χ0n) is 10.6. The number of hydrogen-bond donors (Lipinski definition) is 2. The van der Waals surface area contributed by atoms with Gasteiger partial charge >= 0.3 is 0 Å². The Labute approximate surface area is 101 Å². The summed E-state index contributed by atoms with van der Waals surface area (Å²) >= 11 is 0. The molecule has 6 nitrogen and oxygen atoms in total. The normalized spacial score (nSPS) is 12.4. The van der Waals surface area contributed by atoms with E-state index in [1.54, 1.807) is 18.0 Å². The van der Waals surface area contributed by atoms with Crippen molar-refractivity contribution in [2.24, 2.45) is 0 Å². The van der Waals surface area contributed by atoms with Gasteiger partial charge in [-0.3, -0.25) is 9.48 Å². The van der Waals surface area contributed by atoms with Crippen molar-refractivity contribution >= 4 is 11.6 Å². The third kappa shape index (κ3) is 3.45. The van der Waals surface area contributed by atoms with Gasteiger partial charge in [-0.1, -0.05) is 6.92 Å². The molecule has 96 valence electrons. The first-order valence-corrected chi connectivity index (χ1v) is 5.75. The van der Waals surface area contributed by atoms with E-state index in [1.165, 1.54) is 0 Å². The molecule has 0 fully saturated rings. The maximum atomic E-state index is 11.9. The Balaban J connectivity index is 2.71. The van der Waals surface area contributed by atoms with E-state index in [4.69, 9.17) is 10.5 Å². The number of methoxy groups -OCH3 is 1. The van der Waals surface area contributed by atoms with Crippen LogP contribution in [0.2, 0.25) is 0 Å². The molecule has 0 aliphatic rings. The number of aryl methyl sites for hydroxylation is 1. The molecule has 0 aliphatic heterocycles. The summed E-state index contributed by atoms with van der Waals surface area (Å²) in [5.41, 5.74) is 6.41. The van der Waals surface area contributed by atoms with Crippen molar-refractivity contribution in [3.63, 3.8) is 0 Å². The Morgan fingerprint density at radius 3 is 2.82 bits per heavy atom. The fourth-order valence-corrected chi connectivity index (χ4v) is 1.49. The van der Waals surface area contributed by atoms with Gasteiger partial charge in [0.15, 0.2) is 5.69 Å². The molecular weight excluding hydrogens is 220 g/mol. The van der Waals surface area contributed by atoms with Gasteiger partial charge in [-0.25, -0.2) is 0 Å². The molecule has 0 saturated heterocycles. The zero-order valence-corrected chi connectivity index (χ0v) is 10.6. The van der Waals surface area contributed by atoms with Gasteiger partial charge in [0.2, 0.25) is 0 Å². The number of aromatic nitrogens is 2. The fourth-order valence-electron chi connectivity index (χ4n) is 1.49. The Hall–Kier alpha value is -1.56. The molecule has 6 heteroatoms. The number of carbonyl (C=O) groups is 1. The van der Waals surface area contributed by atoms with E-state index in [-0.39, 0.29) is 17.6 Å². The lowest BCUT2D eigenvalue weighted by Gasteiger charge is -2.15. The summed E-state index contributed by atoms with van der Waals surface area (Å²) in [7, 11) is 1.61. The largest absolute Gasteiger partial charge is 0.396 e. The van der Waals surface area contributed by atoms with Gasteiger partial charge in [0.05, 0.1) is 18.3 Å². The highest BCUT2D eigenvalue weighted by Crippen LogP contribution is 2.09. The van der Waals surface area contributed by atoms with Crippen molar-refractivity contribution in [1.29, 1.82) is 0 Å². The smallest absolute Gasteiger partial charge is 0.274 e. The minimum atomic E-state index is -0.251. The van der Waals surface area contributed by atoms with E-state index in [2.05, 4.69) is 10.4 Å². The van der Waals surface area contributed by atoms with Crippen LogP contribution >= 0.6 is 0 Å². The van der Waals surface area contributed by atoms with Crippen LogP contribution < -0.4 is 11.1 Å². The monoisotopic (exact) mass is 240 g/mol. The lowest BCUT2D eigenvalue weighted by atomic mass is 10.2. The summed E-state index contributed by atoms with van der Waals surface area (Å²) in [5.74, 6) is -0.251. The predicted molar refractivity (Wildman–Crippen MR) is 65.7 cm³/mol. The quantitative estimate of drug-likeness (QED) is 0.764. The molecule has 1 unspecified atom stereocenters. The second-order valence-corrected chi connectivity index (χ2v) is 3.82. The van der Waals surface area contributed by atoms with Crippen molar-refractivity contribution in [2.75, 3.05) is 19.5 Å². The molecule has 1 rings (SSSR count). The van der Waals surface area contributed by atoms with Crippen LogP contribution in [0.5, 0.6) is 0 Å². The molecule has 1 aromatic rings. The molecule has 1 amide bonds. The predicted octanol–water partition coefficient (Wildman–Crippen LogP) is 0.640. The number of carbonyl (C=O) groups excluding carboxylic acids is 1. The zero-order chi connectivity index (χ0) is 12.8. The van der Waals surface area contributed by atoms with Gasteiger partial charge < -0.3 is 15.8 Å². The van der Waals surface area contributed by atoms with Crippen LogP contribution in [0.3, 0.4) is 0 Å². The first-order chi connectivity index (χ1) is 8.12. The number of ether oxygens (including phenoxy) is 1. The third-order valence-electron chi connectivity index (χ3n) is 2.52. The van der Waals surface area contributed by atoms with Crippen LogP contribution in [-0.4, -0.2) is 35.4 Å². The van der Waals surface area contributed by atoms with Crippen LogP contribution in [0.25, 0.3) is 0 Å². The SMILES string of the molecule is CCC(COC)NC(=O)c1nn(CC)cc1N. The number of amides is 1. The van der Waals surface area contributed by atoms with E-state index < -0.39 is 0 Å². The van der Waals surface area contributed by atoms with Gasteiger partial charge in [-0.15, -0.1) is 0 Å². The number of nitrogens with one attached hydrogen (secondary N) is 1. The summed E-state index contributed by atoms with van der Waals surface area (Å²) < 4.78 is 6.66. The molecule has 1 atom stereocenters. The fraction of sp³-hybridized carbons (Fsp3) is 0.636. The van der Waals surface area contributed by atoms with Crippen LogP contribution in [0.4, 0.5) is 5.69 Å². The molecule has 0 saturated carbocycles. The lowest BCUT2D eigenvalue weighted by molar-refractivity contribution is 0.0889. The van der Waals surface area contributed by atoms with E-state index >= 15 is 0 Å². The van der Waals surface area contributed by atoms with Crippen LogP contribution in [0.1, 0.15) is 30.8 Å². The van der Waals surface area contributed by atoms with Crippen molar-refractivity contribution < 1.29 is 9.53 Å². The highest BCUT2D eigenvalue weighted by Gasteiger charge is 2.17. The minimum Gasteiger partial charge on any atom is -0.396 e. The van der Waals surface area contributed by atoms with Gasteiger partial charge in [0.25, 0.3) is 5.91 Å². The molecule has 1 heterocycles. The molecule has 0 aliphatic carbocycles. The molecule has 0 radical (unpaired) electrons. The van der Waals surface area contributed by atoms with Gasteiger partial charge in [0, 0.05) is 19.9 Å². The maximum absolute atomic E-state index is 11.9. The molecule has 17 heavy (non-hydrogen) atoms. The van der Waals surface area contributed by atoms with Crippen LogP contribution in [0.15, 0.2) is 6.20 Å². The van der Waals surface area contributed by atoms with E-state index in [9.17, 15) is 4.79 Å². The van der Waals surface area contributed by atoms with Crippen LogP contribution in [-0.2, 0) is 11.3 Å². The minimum absolute atomic E-state index is 0.0151. The first-order valence-electron chi connectivity index (χ1n) is 5.75. The van der Waals surface area contributed by atoms with Crippen molar-refractivity contribution in [3.8, 4) is 0 Å². The van der Waals surface area contributed by atoms with Crippen molar-refractivity contribution in [3.05, 3.63) is 11.9 Å².